The molecule has 2 nitrogen and oxygen atoms in total. The fraction of sp³-hybridized carbons (Fsp3) is 0.611. The van der Waals surface area contributed by atoms with E-state index in [1.807, 2.05) is 12.1 Å². The molecule has 0 aliphatic carbocycles. The first-order valence-corrected chi connectivity index (χ1v) is 8.65. The van der Waals surface area contributed by atoms with E-state index in [0.717, 1.165) is 43.5 Å². The predicted molar refractivity (Wildman–Crippen MR) is 89.3 cm³/mol. The molecule has 23 heavy (non-hydrogen) atoms. The fourth-order valence-corrected chi connectivity index (χ4v) is 2.62. The monoisotopic (exact) mass is 346 g/mol. The fourth-order valence-electron chi connectivity index (χ4n) is 2.49. The van der Waals surface area contributed by atoms with Crippen LogP contribution in [0, 0.1) is 0 Å². The summed E-state index contributed by atoms with van der Waals surface area (Å²) in [5, 5.41) is 9.06. The highest BCUT2D eigenvalue weighted by Crippen LogP contribution is 2.22. The van der Waals surface area contributed by atoms with Gasteiger partial charge in [0.05, 0.1) is 0 Å². The predicted octanol–water partition coefficient (Wildman–Crippen LogP) is 6.11. The van der Waals surface area contributed by atoms with Gasteiger partial charge in [0.1, 0.15) is 0 Å². The SMILES string of the molecule is O=C(O)C(F)(F)CCCCCCCCCCc1ccc(Cl)cc1. The number of carboxylic acids is 1. The van der Waals surface area contributed by atoms with Gasteiger partial charge in [-0.25, -0.2) is 4.79 Å². The third-order valence-corrected chi connectivity index (χ3v) is 4.18. The van der Waals surface area contributed by atoms with E-state index in [1.54, 1.807) is 0 Å². The van der Waals surface area contributed by atoms with Crippen molar-refractivity contribution in [3.63, 3.8) is 0 Å². The lowest BCUT2D eigenvalue weighted by molar-refractivity contribution is -0.165. The summed E-state index contributed by atoms with van der Waals surface area (Å²) in [5.74, 6) is -5.58. The van der Waals surface area contributed by atoms with Gasteiger partial charge in [-0.2, -0.15) is 8.78 Å². The van der Waals surface area contributed by atoms with Crippen LogP contribution in [0.2, 0.25) is 5.02 Å². The number of unbranched alkanes of at least 4 members (excludes halogenated alkanes) is 7. The molecular weight excluding hydrogens is 322 g/mol. The van der Waals surface area contributed by atoms with Gasteiger partial charge in [0.2, 0.25) is 0 Å². The molecule has 0 unspecified atom stereocenters. The summed E-state index contributed by atoms with van der Waals surface area (Å²) in [6.45, 7) is 0. The van der Waals surface area contributed by atoms with E-state index in [1.165, 1.54) is 12.0 Å². The maximum Gasteiger partial charge on any atom is 0.374 e. The molecule has 0 spiro atoms. The van der Waals surface area contributed by atoms with Crippen molar-refractivity contribution in [3.05, 3.63) is 34.9 Å². The molecule has 1 N–H and O–H groups in total. The zero-order valence-electron chi connectivity index (χ0n) is 13.4. The lowest BCUT2D eigenvalue weighted by atomic mass is 10.0. The Morgan fingerprint density at radius 2 is 1.39 bits per heavy atom. The van der Waals surface area contributed by atoms with Crippen LogP contribution in [-0.4, -0.2) is 17.0 Å². The van der Waals surface area contributed by atoms with E-state index < -0.39 is 18.3 Å². The van der Waals surface area contributed by atoms with Crippen molar-refractivity contribution in [2.24, 2.45) is 0 Å². The number of rotatable bonds is 12. The van der Waals surface area contributed by atoms with Crippen LogP contribution in [0.25, 0.3) is 0 Å². The van der Waals surface area contributed by atoms with Crippen molar-refractivity contribution in [3.8, 4) is 0 Å². The Balaban J connectivity index is 1.92. The number of hydrogen-bond donors (Lipinski definition) is 1. The van der Waals surface area contributed by atoms with Crippen molar-refractivity contribution in [1.29, 1.82) is 0 Å². The molecule has 0 aliphatic heterocycles. The molecule has 0 aliphatic rings. The Morgan fingerprint density at radius 3 is 1.91 bits per heavy atom. The van der Waals surface area contributed by atoms with Gasteiger partial charge in [-0.1, -0.05) is 62.3 Å². The van der Waals surface area contributed by atoms with Crippen molar-refractivity contribution >= 4 is 17.6 Å². The van der Waals surface area contributed by atoms with E-state index in [2.05, 4.69) is 12.1 Å². The Bertz CT molecular complexity index is 461. The number of carboxylic acid groups (broad SMARTS) is 1. The standard InChI is InChI=1S/C18H25ClF2O2/c19-16-12-10-15(11-13-16)9-7-5-3-1-2-4-6-8-14-18(20,21)17(22)23/h10-13H,1-9,14H2,(H,22,23). The van der Waals surface area contributed by atoms with Gasteiger partial charge in [0.25, 0.3) is 0 Å². The molecule has 130 valence electrons. The summed E-state index contributed by atoms with van der Waals surface area (Å²) in [6, 6.07) is 7.92. The molecule has 0 saturated heterocycles. The van der Waals surface area contributed by atoms with E-state index in [4.69, 9.17) is 16.7 Å². The van der Waals surface area contributed by atoms with Gasteiger partial charge >= 0.3 is 11.9 Å². The molecular formula is C18H25ClF2O2. The van der Waals surface area contributed by atoms with Crippen LogP contribution >= 0.6 is 11.6 Å². The lowest BCUT2D eigenvalue weighted by Crippen LogP contribution is -2.27. The smallest absolute Gasteiger partial charge is 0.374 e. The van der Waals surface area contributed by atoms with Crippen molar-refractivity contribution in [2.75, 3.05) is 0 Å². The van der Waals surface area contributed by atoms with Crippen LogP contribution in [0.5, 0.6) is 0 Å². The minimum absolute atomic E-state index is 0.274. The third-order valence-electron chi connectivity index (χ3n) is 3.93. The quantitative estimate of drug-likeness (QED) is 0.463. The highest BCUT2D eigenvalue weighted by Gasteiger charge is 2.37. The van der Waals surface area contributed by atoms with Gasteiger partial charge in [-0.3, -0.25) is 0 Å². The van der Waals surface area contributed by atoms with Gasteiger partial charge in [0, 0.05) is 11.4 Å². The number of benzene rings is 1. The molecule has 0 radical (unpaired) electrons. The Morgan fingerprint density at radius 1 is 0.913 bits per heavy atom. The van der Waals surface area contributed by atoms with Gasteiger partial charge in [0.15, 0.2) is 0 Å². The highest BCUT2D eigenvalue weighted by molar-refractivity contribution is 6.30. The van der Waals surface area contributed by atoms with Crippen LogP contribution in [0.1, 0.15) is 63.4 Å². The summed E-state index contributed by atoms with van der Waals surface area (Å²) in [5.41, 5.74) is 1.30. The topological polar surface area (TPSA) is 37.3 Å². The summed E-state index contributed by atoms with van der Waals surface area (Å²) >= 11 is 5.84. The van der Waals surface area contributed by atoms with Gasteiger partial charge < -0.3 is 5.11 Å². The van der Waals surface area contributed by atoms with E-state index in [-0.39, 0.29) is 6.42 Å². The molecule has 1 aromatic carbocycles. The average Bonchev–Trinajstić information content (AvgIpc) is 2.50. The molecule has 0 atom stereocenters. The number of halogens is 3. The van der Waals surface area contributed by atoms with Crippen LogP contribution in [0.4, 0.5) is 8.78 Å². The van der Waals surface area contributed by atoms with E-state index in [0.29, 0.717) is 6.42 Å². The minimum Gasteiger partial charge on any atom is -0.477 e. The molecule has 0 aromatic heterocycles. The van der Waals surface area contributed by atoms with Gasteiger partial charge in [-0.05, 0) is 37.0 Å². The first-order chi connectivity index (χ1) is 10.9. The van der Waals surface area contributed by atoms with Crippen LogP contribution in [0.15, 0.2) is 24.3 Å². The Hall–Kier alpha value is -1.16. The summed E-state index contributed by atoms with van der Waals surface area (Å²) in [6.07, 6.45) is 7.95. The third kappa shape index (κ3) is 8.89. The second-order valence-corrected chi connectivity index (χ2v) is 6.40. The molecule has 5 heteroatoms. The first-order valence-electron chi connectivity index (χ1n) is 8.27. The number of hydrogen-bond acceptors (Lipinski definition) is 1. The maximum absolute atomic E-state index is 12.8. The highest BCUT2D eigenvalue weighted by atomic mass is 35.5. The zero-order chi connectivity index (χ0) is 17.1. The molecule has 0 amide bonds. The normalized spacial score (nSPS) is 11.6. The Labute approximate surface area is 141 Å². The second kappa shape index (κ2) is 10.6. The summed E-state index contributed by atoms with van der Waals surface area (Å²) < 4.78 is 25.6. The molecule has 0 heterocycles. The number of alkyl halides is 2. The summed E-state index contributed by atoms with van der Waals surface area (Å²) in [7, 11) is 0. The molecule has 0 saturated carbocycles. The number of aliphatic carboxylic acids is 1. The summed E-state index contributed by atoms with van der Waals surface area (Å²) in [4.78, 5) is 10.3. The zero-order valence-corrected chi connectivity index (χ0v) is 14.1. The molecule has 0 fully saturated rings. The molecule has 1 rings (SSSR count). The Kier molecular flexibility index (Phi) is 9.15. The number of carbonyl (C=O) groups is 1. The van der Waals surface area contributed by atoms with E-state index in [9.17, 15) is 13.6 Å². The largest absolute Gasteiger partial charge is 0.477 e. The second-order valence-electron chi connectivity index (χ2n) is 5.96. The maximum atomic E-state index is 12.8. The first kappa shape index (κ1) is 19.9. The van der Waals surface area contributed by atoms with Crippen molar-refractivity contribution in [1.82, 2.24) is 0 Å². The van der Waals surface area contributed by atoms with E-state index >= 15 is 0 Å². The molecule has 0 bridgehead atoms. The average molecular weight is 347 g/mol. The van der Waals surface area contributed by atoms with Gasteiger partial charge in [-0.15, -0.1) is 0 Å². The minimum atomic E-state index is -3.57. The van der Waals surface area contributed by atoms with Crippen LogP contribution < -0.4 is 0 Å². The number of aryl methyl sites for hydroxylation is 1. The van der Waals surface area contributed by atoms with Crippen molar-refractivity contribution < 1.29 is 18.7 Å². The van der Waals surface area contributed by atoms with Crippen LogP contribution in [0.3, 0.4) is 0 Å². The van der Waals surface area contributed by atoms with Crippen LogP contribution in [-0.2, 0) is 11.2 Å². The lowest BCUT2D eigenvalue weighted by Gasteiger charge is -2.10. The van der Waals surface area contributed by atoms with Crippen molar-refractivity contribution in [2.45, 2.75) is 70.1 Å². The molecule has 1 aromatic rings.